The number of benzene rings is 1. The minimum Gasteiger partial charge on any atom is -0.389 e. The number of hydrogen-bond donors (Lipinski definition) is 1. The Labute approximate surface area is 220 Å². The van der Waals surface area contributed by atoms with Crippen LogP contribution in [0, 0.1) is 27.7 Å². The first kappa shape index (κ1) is 26.5. The van der Waals surface area contributed by atoms with E-state index in [0.29, 0.717) is 16.5 Å². The molecule has 1 saturated carbocycles. The highest BCUT2D eigenvalue weighted by atomic mass is 79.9. The lowest BCUT2D eigenvalue weighted by molar-refractivity contribution is -0.392. The third kappa shape index (κ3) is 7.01. The van der Waals surface area contributed by atoms with Gasteiger partial charge in [-0.2, -0.15) is 9.49 Å². The number of hydrogen-bond acceptors (Lipinski definition) is 6. The van der Waals surface area contributed by atoms with Gasteiger partial charge in [0.05, 0.1) is 22.5 Å². The molecule has 0 bridgehead atoms. The van der Waals surface area contributed by atoms with Gasteiger partial charge in [-0.1, -0.05) is 6.07 Å². The van der Waals surface area contributed by atoms with Crippen molar-refractivity contribution in [2.75, 3.05) is 0 Å². The summed E-state index contributed by atoms with van der Waals surface area (Å²) in [6.45, 7) is 2.63. The summed E-state index contributed by atoms with van der Waals surface area (Å²) in [6.07, 6.45) is 9.42. The molecule has 0 radical (unpaired) electrons. The van der Waals surface area contributed by atoms with Gasteiger partial charge >= 0.3 is 5.82 Å². The van der Waals surface area contributed by atoms with Crippen LogP contribution >= 0.6 is 15.9 Å². The van der Waals surface area contributed by atoms with Gasteiger partial charge in [0.2, 0.25) is 5.82 Å². The van der Waals surface area contributed by atoms with Gasteiger partial charge in [0.1, 0.15) is 5.82 Å². The molecule has 1 N–H and O–H groups in total. The van der Waals surface area contributed by atoms with Crippen molar-refractivity contribution >= 4 is 21.7 Å². The highest BCUT2D eigenvalue weighted by molar-refractivity contribution is 9.10. The van der Waals surface area contributed by atoms with Gasteiger partial charge in [-0.05, 0) is 92.5 Å². The Kier molecular flexibility index (Phi) is 8.34. The second-order valence-corrected chi connectivity index (χ2v) is 9.74. The van der Waals surface area contributed by atoms with E-state index in [0.717, 1.165) is 40.9 Å². The SMILES string of the molecule is C[C@@H](O)c1cc(F)ccc1-c1ncccc1Cc1cnn(CC2CC2)c1.O=[N+]([O-])c1ncc(Br)cc1F. The Morgan fingerprint density at radius 1 is 1.22 bits per heavy atom. The maximum atomic E-state index is 13.6. The van der Waals surface area contributed by atoms with Crippen LogP contribution in [-0.4, -0.2) is 29.8 Å². The molecule has 0 spiro atoms. The van der Waals surface area contributed by atoms with Gasteiger partial charge in [0.15, 0.2) is 6.20 Å². The average Bonchev–Trinajstić information content (AvgIpc) is 3.56. The molecular weight excluding hydrogens is 548 g/mol. The van der Waals surface area contributed by atoms with E-state index in [4.69, 9.17) is 0 Å². The molecule has 0 amide bonds. The summed E-state index contributed by atoms with van der Waals surface area (Å²) in [6, 6.07) is 9.40. The first-order chi connectivity index (χ1) is 17.7. The van der Waals surface area contributed by atoms with E-state index in [1.165, 1.54) is 31.2 Å². The first-order valence-electron chi connectivity index (χ1n) is 11.6. The maximum Gasteiger partial charge on any atom is 0.399 e. The standard InChI is InChI=1S/C21H22FN3O.C5H2BrFN2O2/c1-14(26)20-10-18(22)6-7-19(20)21-17(3-2-8-23-21)9-16-11-24-25(13-16)12-15-4-5-15;6-3-1-4(7)5(8-2-3)9(10)11/h2-3,6-8,10-11,13-15,26H,4-5,9,12H2,1H3;1-2H/t14-;/m1./s1. The molecule has 1 fully saturated rings. The quantitative estimate of drug-likeness (QED) is 0.214. The molecule has 1 aliphatic rings. The molecule has 0 unspecified atom stereocenters. The van der Waals surface area contributed by atoms with E-state index in [-0.39, 0.29) is 5.82 Å². The largest absolute Gasteiger partial charge is 0.399 e. The van der Waals surface area contributed by atoms with Gasteiger partial charge in [-0.25, -0.2) is 4.39 Å². The van der Waals surface area contributed by atoms with E-state index in [1.807, 2.05) is 23.0 Å². The van der Waals surface area contributed by atoms with Crippen molar-refractivity contribution in [1.29, 1.82) is 0 Å². The van der Waals surface area contributed by atoms with E-state index < -0.39 is 22.7 Å². The van der Waals surface area contributed by atoms with Crippen molar-refractivity contribution < 1.29 is 18.8 Å². The summed E-state index contributed by atoms with van der Waals surface area (Å²) in [7, 11) is 0. The third-order valence-corrected chi connectivity index (χ3v) is 6.23. The highest BCUT2D eigenvalue weighted by Crippen LogP contribution is 2.32. The zero-order valence-corrected chi connectivity index (χ0v) is 21.5. The van der Waals surface area contributed by atoms with E-state index in [2.05, 4.69) is 37.2 Å². The van der Waals surface area contributed by atoms with Crippen molar-refractivity contribution in [2.24, 2.45) is 5.92 Å². The summed E-state index contributed by atoms with van der Waals surface area (Å²) in [5, 5.41) is 24.5. The fraction of sp³-hybridized carbons (Fsp3) is 0.269. The van der Waals surface area contributed by atoms with Crippen LogP contribution in [0.1, 0.15) is 42.6 Å². The molecule has 4 aromatic rings. The fourth-order valence-electron chi connectivity index (χ4n) is 3.84. The summed E-state index contributed by atoms with van der Waals surface area (Å²) in [5.74, 6) is -1.27. The molecule has 3 heterocycles. The van der Waals surface area contributed by atoms with Crippen molar-refractivity contribution in [3.05, 3.63) is 104 Å². The summed E-state index contributed by atoms with van der Waals surface area (Å²) in [5.41, 5.74) is 4.25. The van der Waals surface area contributed by atoms with Crippen LogP contribution in [0.4, 0.5) is 14.6 Å². The molecular formula is C26H24BrF2N5O3. The number of aliphatic hydroxyl groups excluding tert-OH is 1. The van der Waals surface area contributed by atoms with Crippen LogP contribution < -0.4 is 0 Å². The Morgan fingerprint density at radius 3 is 2.68 bits per heavy atom. The Balaban J connectivity index is 0.000000245. The average molecular weight is 572 g/mol. The number of nitrogens with zero attached hydrogens (tertiary/aromatic N) is 5. The van der Waals surface area contributed by atoms with Crippen molar-refractivity contribution in [3.8, 4) is 11.3 Å². The van der Waals surface area contributed by atoms with Crippen molar-refractivity contribution in [3.63, 3.8) is 0 Å². The summed E-state index contributed by atoms with van der Waals surface area (Å²) in [4.78, 5) is 16.9. The van der Waals surface area contributed by atoms with E-state index >= 15 is 0 Å². The van der Waals surface area contributed by atoms with Gasteiger partial charge in [0.25, 0.3) is 0 Å². The molecule has 192 valence electrons. The molecule has 11 heteroatoms. The molecule has 1 atom stereocenters. The third-order valence-electron chi connectivity index (χ3n) is 5.79. The van der Waals surface area contributed by atoms with Gasteiger partial charge in [0, 0.05) is 37.0 Å². The minimum atomic E-state index is -0.940. The number of nitro groups is 1. The maximum absolute atomic E-state index is 13.6. The monoisotopic (exact) mass is 571 g/mol. The smallest absolute Gasteiger partial charge is 0.389 e. The fourth-order valence-corrected chi connectivity index (χ4v) is 4.15. The van der Waals surface area contributed by atoms with Gasteiger partial charge in [-0.15, -0.1) is 0 Å². The van der Waals surface area contributed by atoms with Crippen LogP contribution in [0.25, 0.3) is 11.3 Å². The first-order valence-corrected chi connectivity index (χ1v) is 12.4. The van der Waals surface area contributed by atoms with Gasteiger partial charge in [-0.3, -0.25) is 9.67 Å². The molecule has 5 rings (SSSR count). The zero-order valence-electron chi connectivity index (χ0n) is 19.9. The number of pyridine rings is 2. The molecule has 3 aromatic heterocycles. The molecule has 0 saturated heterocycles. The van der Waals surface area contributed by atoms with Crippen LogP contribution in [0.15, 0.2) is 65.7 Å². The highest BCUT2D eigenvalue weighted by Gasteiger charge is 2.22. The molecule has 0 aliphatic heterocycles. The second-order valence-electron chi connectivity index (χ2n) is 8.83. The number of aliphatic hydroxyl groups is 1. The molecule has 37 heavy (non-hydrogen) atoms. The van der Waals surface area contributed by atoms with Crippen LogP contribution in [-0.2, 0) is 13.0 Å². The predicted octanol–water partition coefficient (Wildman–Crippen LogP) is 6.03. The molecule has 1 aromatic carbocycles. The lowest BCUT2D eigenvalue weighted by Gasteiger charge is -2.14. The molecule has 1 aliphatic carbocycles. The van der Waals surface area contributed by atoms with E-state index in [9.17, 15) is 24.0 Å². The van der Waals surface area contributed by atoms with Crippen molar-refractivity contribution in [1.82, 2.24) is 19.7 Å². The lowest BCUT2D eigenvalue weighted by atomic mass is 9.95. The Bertz CT molecular complexity index is 1410. The van der Waals surface area contributed by atoms with Crippen LogP contribution in [0.3, 0.4) is 0 Å². The summed E-state index contributed by atoms with van der Waals surface area (Å²) < 4.78 is 28.6. The number of aromatic nitrogens is 4. The second kappa shape index (κ2) is 11.7. The number of rotatable bonds is 7. The Morgan fingerprint density at radius 2 is 2.00 bits per heavy atom. The summed E-state index contributed by atoms with van der Waals surface area (Å²) >= 11 is 2.92. The van der Waals surface area contributed by atoms with Crippen molar-refractivity contribution in [2.45, 2.75) is 38.8 Å². The van der Waals surface area contributed by atoms with Crippen LogP contribution in [0.5, 0.6) is 0 Å². The zero-order chi connectivity index (χ0) is 26.5. The van der Waals surface area contributed by atoms with E-state index in [1.54, 1.807) is 19.2 Å². The van der Waals surface area contributed by atoms with Crippen LogP contribution in [0.2, 0.25) is 0 Å². The topological polar surface area (TPSA) is 107 Å². The molecule has 8 nitrogen and oxygen atoms in total. The number of halogens is 3. The van der Waals surface area contributed by atoms with Gasteiger partial charge < -0.3 is 15.2 Å². The minimum absolute atomic E-state index is 0.358. The normalized spacial score (nSPS) is 13.5. The Hall–Kier alpha value is -3.57. The lowest BCUT2D eigenvalue weighted by Crippen LogP contribution is -2.01. The predicted molar refractivity (Wildman–Crippen MR) is 137 cm³/mol.